The second-order valence-electron chi connectivity index (χ2n) is 4.71. The fraction of sp³-hybridized carbons (Fsp3) is 0.571. The Balaban J connectivity index is 1.95. The van der Waals surface area contributed by atoms with Crippen molar-refractivity contribution in [3.8, 4) is 5.75 Å². The topological polar surface area (TPSA) is 38.5 Å². The summed E-state index contributed by atoms with van der Waals surface area (Å²) in [6.45, 7) is 3.10. The van der Waals surface area contributed by atoms with Crippen LogP contribution in [0.5, 0.6) is 5.75 Å². The molecule has 0 aliphatic carbocycles. The second-order valence-corrected chi connectivity index (χ2v) is 4.71. The number of hydrogen-bond acceptors (Lipinski definition) is 3. The highest BCUT2D eigenvalue weighted by Crippen LogP contribution is 2.27. The van der Waals surface area contributed by atoms with Crippen LogP contribution >= 0.6 is 0 Å². The Bertz CT molecular complexity index is 346. The third kappa shape index (κ3) is 3.13. The van der Waals surface area contributed by atoms with Crippen LogP contribution in [0.2, 0.25) is 0 Å². The van der Waals surface area contributed by atoms with Crippen molar-refractivity contribution in [1.82, 2.24) is 0 Å². The number of nitrogens with zero attached hydrogens (tertiary/aromatic N) is 1. The zero-order valence-electron chi connectivity index (χ0n) is 10.6. The van der Waals surface area contributed by atoms with Gasteiger partial charge >= 0.3 is 0 Å². The number of piperidine rings is 1. The van der Waals surface area contributed by atoms with Gasteiger partial charge in [-0.1, -0.05) is 6.07 Å². The maximum absolute atomic E-state index is 5.61. The van der Waals surface area contributed by atoms with E-state index in [1.54, 1.807) is 7.11 Å². The van der Waals surface area contributed by atoms with Gasteiger partial charge in [0, 0.05) is 24.8 Å². The number of ether oxygens (including phenoxy) is 1. The van der Waals surface area contributed by atoms with Gasteiger partial charge in [0.25, 0.3) is 0 Å². The molecule has 0 bridgehead atoms. The molecule has 2 rings (SSSR count). The number of benzene rings is 1. The molecule has 1 aromatic carbocycles. The number of hydrogen-bond donors (Lipinski definition) is 1. The van der Waals surface area contributed by atoms with Crippen LogP contribution < -0.4 is 15.4 Å². The van der Waals surface area contributed by atoms with E-state index in [9.17, 15) is 0 Å². The van der Waals surface area contributed by atoms with Gasteiger partial charge in [-0.05, 0) is 43.9 Å². The first kappa shape index (κ1) is 12.2. The summed E-state index contributed by atoms with van der Waals surface area (Å²) in [4.78, 5) is 2.44. The Morgan fingerprint density at radius 3 is 2.76 bits per heavy atom. The molecule has 0 spiro atoms. The molecule has 1 aromatic rings. The van der Waals surface area contributed by atoms with E-state index in [0.29, 0.717) is 0 Å². The summed E-state index contributed by atoms with van der Waals surface area (Å²) < 4.78 is 5.26. The lowest BCUT2D eigenvalue weighted by molar-refractivity contribution is 0.385. The number of rotatable bonds is 4. The van der Waals surface area contributed by atoms with Crippen molar-refractivity contribution in [1.29, 1.82) is 0 Å². The standard InChI is InChI=1S/C14H22N2O/c1-17-14-4-2-3-13(11-14)16-9-6-12(5-8-15)7-10-16/h2-4,11-12H,5-10,15H2,1H3. The van der Waals surface area contributed by atoms with Gasteiger partial charge in [-0.25, -0.2) is 0 Å². The molecule has 17 heavy (non-hydrogen) atoms. The zero-order valence-corrected chi connectivity index (χ0v) is 10.6. The summed E-state index contributed by atoms with van der Waals surface area (Å²) >= 11 is 0. The third-order valence-electron chi connectivity index (χ3n) is 3.61. The summed E-state index contributed by atoms with van der Waals surface area (Å²) in [6, 6.07) is 8.32. The third-order valence-corrected chi connectivity index (χ3v) is 3.61. The van der Waals surface area contributed by atoms with E-state index in [4.69, 9.17) is 10.5 Å². The van der Waals surface area contributed by atoms with E-state index in [2.05, 4.69) is 23.1 Å². The van der Waals surface area contributed by atoms with E-state index in [1.807, 2.05) is 6.07 Å². The fourth-order valence-electron chi connectivity index (χ4n) is 2.52. The molecule has 3 nitrogen and oxygen atoms in total. The van der Waals surface area contributed by atoms with Crippen LogP contribution in [0.1, 0.15) is 19.3 Å². The zero-order chi connectivity index (χ0) is 12.1. The van der Waals surface area contributed by atoms with Gasteiger partial charge in [-0.15, -0.1) is 0 Å². The van der Waals surface area contributed by atoms with Crippen molar-refractivity contribution < 1.29 is 4.74 Å². The molecule has 94 valence electrons. The SMILES string of the molecule is COc1cccc(N2CCC(CCN)CC2)c1. The highest BCUT2D eigenvalue weighted by atomic mass is 16.5. The molecule has 0 aromatic heterocycles. The minimum Gasteiger partial charge on any atom is -0.497 e. The van der Waals surface area contributed by atoms with Crippen LogP contribution in [-0.2, 0) is 0 Å². The first-order valence-corrected chi connectivity index (χ1v) is 6.42. The van der Waals surface area contributed by atoms with E-state index in [0.717, 1.165) is 31.3 Å². The molecule has 0 atom stereocenters. The molecule has 1 aliphatic rings. The van der Waals surface area contributed by atoms with Crippen molar-refractivity contribution in [2.24, 2.45) is 11.7 Å². The Morgan fingerprint density at radius 1 is 1.35 bits per heavy atom. The van der Waals surface area contributed by atoms with Crippen LogP contribution in [0.4, 0.5) is 5.69 Å². The molecule has 0 unspecified atom stereocenters. The quantitative estimate of drug-likeness (QED) is 0.868. The van der Waals surface area contributed by atoms with Crippen molar-refractivity contribution >= 4 is 5.69 Å². The maximum Gasteiger partial charge on any atom is 0.120 e. The van der Waals surface area contributed by atoms with Gasteiger partial charge in [0.15, 0.2) is 0 Å². The van der Waals surface area contributed by atoms with Crippen LogP contribution in [0, 0.1) is 5.92 Å². The highest BCUT2D eigenvalue weighted by Gasteiger charge is 2.18. The lowest BCUT2D eigenvalue weighted by Crippen LogP contribution is -2.34. The van der Waals surface area contributed by atoms with Crippen molar-refractivity contribution in [3.05, 3.63) is 24.3 Å². The fourth-order valence-corrected chi connectivity index (χ4v) is 2.52. The van der Waals surface area contributed by atoms with Gasteiger partial charge in [-0.2, -0.15) is 0 Å². The summed E-state index contributed by atoms with van der Waals surface area (Å²) in [5.41, 5.74) is 6.89. The Labute approximate surface area is 104 Å². The first-order valence-electron chi connectivity index (χ1n) is 6.42. The maximum atomic E-state index is 5.61. The molecule has 0 saturated carbocycles. The Hall–Kier alpha value is -1.22. The molecule has 1 saturated heterocycles. The van der Waals surface area contributed by atoms with Crippen molar-refractivity contribution in [3.63, 3.8) is 0 Å². The van der Waals surface area contributed by atoms with E-state index < -0.39 is 0 Å². The van der Waals surface area contributed by atoms with E-state index in [-0.39, 0.29) is 0 Å². The van der Waals surface area contributed by atoms with Crippen LogP contribution in [0.3, 0.4) is 0 Å². The van der Waals surface area contributed by atoms with Crippen LogP contribution in [0.15, 0.2) is 24.3 Å². The molecular formula is C14H22N2O. The lowest BCUT2D eigenvalue weighted by Gasteiger charge is -2.33. The highest BCUT2D eigenvalue weighted by molar-refractivity contribution is 5.50. The minimum atomic E-state index is 0.821. The van der Waals surface area contributed by atoms with Crippen molar-refractivity contribution in [2.45, 2.75) is 19.3 Å². The molecule has 1 fully saturated rings. The van der Waals surface area contributed by atoms with Gasteiger partial charge in [0.2, 0.25) is 0 Å². The molecule has 0 radical (unpaired) electrons. The summed E-state index contributed by atoms with van der Waals surface area (Å²) in [5.74, 6) is 1.76. The number of nitrogens with two attached hydrogens (primary N) is 1. The normalized spacial score (nSPS) is 17.2. The predicted octanol–water partition coefficient (Wildman–Crippen LogP) is 2.26. The first-order chi connectivity index (χ1) is 8.33. The average molecular weight is 234 g/mol. The van der Waals surface area contributed by atoms with Crippen LogP contribution in [-0.4, -0.2) is 26.7 Å². The summed E-state index contributed by atoms with van der Waals surface area (Å²) in [7, 11) is 1.71. The summed E-state index contributed by atoms with van der Waals surface area (Å²) in [5, 5.41) is 0. The molecule has 1 heterocycles. The predicted molar refractivity (Wildman–Crippen MR) is 71.6 cm³/mol. The lowest BCUT2D eigenvalue weighted by atomic mass is 9.93. The largest absolute Gasteiger partial charge is 0.497 e. The molecule has 3 heteroatoms. The van der Waals surface area contributed by atoms with Gasteiger partial charge in [-0.3, -0.25) is 0 Å². The van der Waals surface area contributed by atoms with Gasteiger partial charge in [0.05, 0.1) is 7.11 Å². The van der Waals surface area contributed by atoms with E-state index >= 15 is 0 Å². The summed E-state index contributed by atoms with van der Waals surface area (Å²) in [6.07, 6.45) is 3.69. The van der Waals surface area contributed by atoms with Crippen LogP contribution in [0.25, 0.3) is 0 Å². The minimum absolute atomic E-state index is 0.821. The Kier molecular flexibility index (Phi) is 4.26. The van der Waals surface area contributed by atoms with Crippen molar-refractivity contribution in [2.75, 3.05) is 31.6 Å². The number of anilines is 1. The van der Waals surface area contributed by atoms with Gasteiger partial charge < -0.3 is 15.4 Å². The molecular weight excluding hydrogens is 212 g/mol. The molecule has 1 aliphatic heterocycles. The monoisotopic (exact) mass is 234 g/mol. The Morgan fingerprint density at radius 2 is 2.12 bits per heavy atom. The average Bonchev–Trinajstić information content (AvgIpc) is 2.40. The van der Waals surface area contributed by atoms with Gasteiger partial charge in [0.1, 0.15) is 5.75 Å². The molecule has 2 N–H and O–H groups in total. The number of methoxy groups -OCH3 is 1. The molecule has 0 amide bonds. The second kappa shape index (κ2) is 5.92. The van der Waals surface area contributed by atoms with E-state index in [1.165, 1.54) is 24.9 Å². The smallest absolute Gasteiger partial charge is 0.120 e.